The van der Waals surface area contributed by atoms with Gasteiger partial charge in [-0.1, -0.05) is 115 Å². The zero-order valence-electron chi connectivity index (χ0n) is 24.9. The SMILES string of the molecule is C=C(C)C(=O)OC(=O)CCCCCCCCCCCCC.C=C(C)C(=O)OCc1ccccc1.O=C1C=CC(=O)O1. The molecule has 0 aromatic heterocycles. The lowest BCUT2D eigenvalue weighted by atomic mass is 10.1. The third-order valence-electron chi connectivity index (χ3n) is 5.66. The first-order valence-corrected chi connectivity index (χ1v) is 14.3. The summed E-state index contributed by atoms with van der Waals surface area (Å²) in [7, 11) is 0. The lowest BCUT2D eigenvalue weighted by Gasteiger charge is -2.03. The zero-order valence-corrected chi connectivity index (χ0v) is 24.9. The van der Waals surface area contributed by atoms with E-state index in [1.807, 2.05) is 30.3 Å². The lowest BCUT2D eigenvalue weighted by molar-refractivity contribution is -0.157. The third kappa shape index (κ3) is 22.7. The van der Waals surface area contributed by atoms with Crippen molar-refractivity contribution < 1.29 is 38.2 Å². The molecule has 0 spiro atoms. The molecule has 0 unspecified atom stereocenters. The maximum Gasteiger partial charge on any atom is 0.340 e. The van der Waals surface area contributed by atoms with Gasteiger partial charge in [0.05, 0.1) is 0 Å². The van der Waals surface area contributed by atoms with Gasteiger partial charge >= 0.3 is 29.8 Å². The Morgan fingerprint density at radius 3 is 1.59 bits per heavy atom. The summed E-state index contributed by atoms with van der Waals surface area (Å²) in [5.74, 6) is -2.54. The van der Waals surface area contributed by atoms with Crippen LogP contribution in [0, 0.1) is 0 Å². The maximum atomic E-state index is 11.3. The Kier molecular flexibility index (Phi) is 21.8. The van der Waals surface area contributed by atoms with E-state index in [2.05, 4.69) is 29.6 Å². The second-order valence-electron chi connectivity index (χ2n) is 9.74. The van der Waals surface area contributed by atoms with E-state index < -0.39 is 23.9 Å². The van der Waals surface area contributed by atoms with Gasteiger partial charge in [-0.3, -0.25) is 4.79 Å². The van der Waals surface area contributed by atoms with E-state index in [0.29, 0.717) is 18.6 Å². The summed E-state index contributed by atoms with van der Waals surface area (Å²) >= 11 is 0. The first-order chi connectivity index (χ1) is 19.6. The van der Waals surface area contributed by atoms with Crippen molar-refractivity contribution in [1.29, 1.82) is 0 Å². The Hall–Kier alpha value is -3.81. The molecule has 0 aliphatic carbocycles. The minimum Gasteiger partial charge on any atom is -0.457 e. The number of carbonyl (C=O) groups is 5. The van der Waals surface area contributed by atoms with Crippen LogP contribution in [0.2, 0.25) is 0 Å². The number of ether oxygens (including phenoxy) is 3. The molecule has 1 aromatic carbocycles. The van der Waals surface area contributed by atoms with Crippen LogP contribution in [0.4, 0.5) is 0 Å². The summed E-state index contributed by atoms with van der Waals surface area (Å²) in [6.45, 7) is 12.7. The van der Waals surface area contributed by atoms with Crippen molar-refractivity contribution in [2.24, 2.45) is 0 Å². The van der Waals surface area contributed by atoms with Crippen molar-refractivity contribution in [3.05, 3.63) is 72.4 Å². The van der Waals surface area contributed by atoms with Crippen LogP contribution in [0.1, 0.15) is 103 Å². The van der Waals surface area contributed by atoms with Gasteiger partial charge in [0.15, 0.2) is 0 Å². The van der Waals surface area contributed by atoms with Crippen molar-refractivity contribution >= 4 is 29.8 Å². The summed E-state index contributed by atoms with van der Waals surface area (Å²) in [6, 6.07) is 9.55. The van der Waals surface area contributed by atoms with Crippen molar-refractivity contribution in [1.82, 2.24) is 0 Å². The minimum absolute atomic E-state index is 0.266. The van der Waals surface area contributed by atoms with Gasteiger partial charge in [0, 0.05) is 29.7 Å². The second-order valence-corrected chi connectivity index (χ2v) is 9.74. The van der Waals surface area contributed by atoms with Gasteiger partial charge in [-0.25, -0.2) is 19.2 Å². The first kappa shape index (κ1) is 37.2. The Morgan fingerprint density at radius 1 is 0.707 bits per heavy atom. The Balaban J connectivity index is 0.000000668. The molecule has 0 fully saturated rings. The van der Waals surface area contributed by atoms with E-state index in [0.717, 1.165) is 37.0 Å². The predicted octanol–water partition coefficient (Wildman–Crippen LogP) is 7.27. The minimum atomic E-state index is -0.608. The molecule has 8 heteroatoms. The van der Waals surface area contributed by atoms with Gasteiger partial charge in [0.25, 0.3) is 0 Å². The molecule has 0 radical (unpaired) electrons. The highest BCUT2D eigenvalue weighted by Gasteiger charge is 2.11. The number of benzene rings is 1. The summed E-state index contributed by atoms with van der Waals surface area (Å²) in [5, 5.41) is 0. The van der Waals surface area contributed by atoms with Gasteiger partial charge in [0.2, 0.25) is 0 Å². The normalized spacial score (nSPS) is 11.3. The van der Waals surface area contributed by atoms with Crippen molar-refractivity contribution in [3.63, 3.8) is 0 Å². The largest absolute Gasteiger partial charge is 0.457 e. The van der Waals surface area contributed by atoms with Crippen LogP contribution in [-0.2, 0) is 44.8 Å². The molecule has 41 heavy (non-hydrogen) atoms. The predicted molar refractivity (Wildman–Crippen MR) is 158 cm³/mol. The molecule has 2 rings (SSSR count). The summed E-state index contributed by atoms with van der Waals surface area (Å²) < 4.78 is 13.5. The molecule has 226 valence electrons. The summed E-state index contributed by atoms with van der Waals surface area (Å²) in [5.41, 5.74) is 1.68. The number of unbranched alkanes of at least 4 members (excludes halogenated alkanes) is 10. The van der Waals surface area contributed by atoms with E-state index in [9.17, 15) is 24.0 Å². The molecule has 1 aromatic rings. The van der Waals surface area contributed by atoms with Crippen LogP contribution in [0.5, 0.6) is 0 Å². The topological polar surface area (TPSA) is 113 Å². The summed E-state index contributed by atoms with van der Waals surface area (Å²) in [4.78, 5) is 53.3. The highest BCUT2D eigenvalue weighted by atomic mass is 16.6. The van der Waals surface area contributed by atoms with E-state index in [-0.39, 0.29) is 11.5 Å². The Bertz CT molecular complexity index is 991. The van der Waals surface area contributed by atoms with E-state index >= 15 is 0 Å². The molecule has 1 heterocycles. The number of esters is 5. The number of carbonyl (C=O) groups excluding carboxylic acids is 5. The van der Waals surface area contributed by atoms with Crippen molar-refractivity contribution in [2.75, 3.05) is 0 Å². The molecular weight excluding hydrogens is 524 g/mol. The van der Waals surface area contributed by atoms with Crippen LogP contribution >= 0.6 is 0 Å². The number of cyclic esters (lactones) is 2. The molecule has 8 nitrogen and oxygen atoms in total. The molecule has 0 atom stereocenters. The van der Waals surface area contributed by atoms with Gasteiger partial charge in [-0.15, -0.1) is 0 Å². The zero-order chi connectivity index (χ0) is 30.9. The standard InChI is InChI=1S/C18H32O3.C11H12O2.C4H2O3/c1-4-5-6-7-8-9-10-11-12-13-14-15-17(19)21-18(20)16(2)3;1-9(2)11(12)13-8-10-6-4-3-5-7-10;5-3-1-2-4(6)7-3/h2,4-15H2,1,3H3;3-7H,1,8H2,2H3;1-2H. The third-order valence-corrected chi connectivity index (χ3v) is 5.66. The molecule has 0 N–H and O–H groups in total. The fourth-order valence-electron chi connectivity index (χ4n) is 3.32. The Labute approximate surface area is 244 Å². The van der Waals surface area contributed by atoms with Gasteiger partial charge in [-0.2, -0.15) is 0 Å². The fourth-order valence-corrected chi connectivity index (χ4v) is 3.32. The van der Waals surface area contributed by atoms with Crippen LogP contribution in [0.15, 0.2) is 66.8 Å². The highest BCUT2D eigenvalue weighted by molar-refractivity contribution is 6.04. The van der Waals surface area contributed by atoms with Crippen LogP contribution in [0.3, 0.4) is 0 Å². The van der Waals surface area contributed by atoms with Crippen molar-refractivity contribution in [3.8, 4) is 0 Å². The average Bonchev–Trinajstić information content (AvgIpc) is 3.33. The smallest absolute Gasteiger partial charge is 0.340 e. The monoisotopic (exact) mass is 570 g/mol. The molecular formula is C33H46O8. The van der Waals surface area contributed by atoms with E-state index in [1.54, 1.807) is 6.92 Å². The van der Waals surface area contributed by atoms with Crippen molar-refractivity contribution in [2.45, 2.75) is 104 Å². The van der Waals surface area contributed by atoms with Gasteiger partial charge in [-0.05, 0) is 25.8 Å². The van der Waals surface area contributed by atoms with Crippen LogP contribution in [-0.4, -0.2) is 29.8 Å². The first-order valence-electron chi connectivity index (χ1n) is 14.3. The van der Waals surface area contributed by atoms with Crippen LogP contribution < -0.4 is 0 Å². The Morgan fingerprint density at radius 2 is 1.17 bits per heavy atom. The maximum absolute atomic E-state index is 11.3. The average molecular weight is 571 g/mol. The lowest BCUT2D eigenvalue weighted by Crippen LogP contribution is -2.12. The summed E-state index contributed by atoms with van der Waals surface area (Å²) in [6.07, 6.45) is 16.1. The molecule has 1 aliphatic rings. The number of hydrogen-bond donors (Lipinski definition) is 0. The molecule has 0 amide bonds. The van der Waals surface area contributed by atoms with Gasteiger partial charge < -0.3 is 14.2 Å². The van der Waals surface area contributed by atoms with Gasteiger partial charge in [0.1, 0.15) is 6.61 Å². The van der Waals surface area contributed by atoms with E-state index in [4.69, 9.17) is 4.74 Å². The second kappa shape index (κ2) is 24.0. The quantitative estimate of drug-likeness (QED) is 0.0670. The number of rotatable bonds is 16. The molecule has 0 bridgehead atoms. The number of hydrogen-bond acceptors (Lipinski definition) is 8. The molecule has 0 saturated carbocycles. The fraction of sp³-hybridized carbons (Fsp3) is 0.485. The van der Waals surface area contributed by atoms with Crippen LogP contribution in [0.25, 0.3) is 0 Å². The molecule has 0 saturated heterocycles. The highest BCUT2D eigenvalue weighted by Crippen LogP contribution is 2.12. The molecule has 1 aliphatic heterocycles. The van der Waals surface area contributed by atoms with E-state index in [1.165, 1.54) is 58.3 Å².